The number of hydrogen-bond donors (Lipinski definition) is 1. The largest absolute Gasteiger partial charge is 0.477 e. The van der Waals surface area contributed by atoms with Gasteiger partial charge in [0.2, 0.25) is 0 Å². The summed E-state index contributed by atoms with van der Waals surface area (Å²) in [7, 11) is 2.10. The summed E-state index contributed by atoms with van der Waals surface area (Å²) < 4.78 is 1.81. The SMILES string of the molecule is CN1CCN(c2cc(C(=O)O)nc3cc(C4CC4)nn23)CC1. The van der Waals surface area contributed by atoms with Crippen molar-refractivity contribution in [3.63, 3.8) is 0 Å². The average molecular weight is 301 g/mol. The molecule has 7 heteroatoms. The second-order valence-electron chi connectivity index (χ2n) is 6.21. The van der Waals surface area contributed by atoms with E-state index in [0.717, 1.165) is 37.7 Å². The van der Waals surface area contributed by atoms with Gasteiger partial charge in [-0.15, -0.1) is 0 Å². The van der Waals surface area contributed by atoms with Gasteiger partial charge in [-0.1, -0.05) is 0 Å². The van der Waals surface area contributed by atoms with E-state index in [4.69, 9.17) is 0 Å². The van der Waals surface area contributed by atoms with Crippen LogP contribution in [-0.2, 0) is 0 Å². The van der Waals surface area contributed by atoms with Crippen molar-refractivity contribution in [3.8, 4) is 0 Å². The predicted octanol–water partition coefficient (Wildman–Crippen LogP) is 1.06. The highest BCUT2D eigenvalue weighted by atomic mass is 16.4. The number of fused-ring (bicyclic) bond motifs is 1. The van der Waals surface area contributed by atoms with Gasteiger partial charge in [0.25, 0.3) is 0 Å². The van der Waals surface area contributed by atoms with Gasteiger partial charge in [0.05, 0.1) is 5.69 Å². The summed E-state index contributed by atoms with van der Waals surface area (Å²) >= 11 is 0. The van der Waals surface area contributed by atoms with Crippen LogP contribution < -0.4 is 4.90 Å². The minimum Gasteiger partial charge on any atom is -0.477 e. The molecule has 116 valence electrons. The Morgan fingerprint density at radius 1 is 1.23 bits per heavy atom. The third kappa shape index (κ3) is 2.31. The molecule has 0 bridgehead atoms. The Bertz CT molecular complexity index is 729. The highest BCUT2D eigenvalue weighted by Gasteiger charge is 2.28. The maximum absolute atomic E-state index is 11.4. The lowest BCUT2D eigenvalue weighted by molar-refractivity contribution is 0.0690. The molecule has 7 nitrogen and oxygen atoms in total. The van der Waals surface area contributed by atoms with Crippen LogP contribution in [-0.4, -0.2) is 63.8 Å². The number of carboxylic acids is 1. The first-order chi connectivity index (χ1) is 10.6. The summed E-state index contributed by atoms with van der Waals surface area (Å²) in [5, 5.41) is 14.0. The van der Waals surface area contributed by atoms with Crippen LogP contribution in [0.5, 0.6) is 0 Å². The number of aromatic nitrogens is 3. The standard InChI is InChI=1S/C15H19N5O2/c1-18-4-6-19(7-5-18)14-9-12(15(21)22)16-13-8-11(10-2-3-10)17-20(13)14/h8-10H,2-7H2,1H3,(H,21,22). The Hall–Kier alpha value is -2.15. The fourth-order valence-corrected chi connectivity index (χ4v) is 2.93. The molecular formula is C15H19N5O2. The topological polar surface area (TPSA) is 74.0 Å². The number of nitrogens with zero attached hydrogens (tertiary/aromatic N) is 5. The molecule has 0 aromatic carbocycles. The van der Waals surface area contributed by atoms with Crippen molar-refractivity contribution in [3.05, 3.63) is 23.5 Å². The number of rotatable bonds is 3. The van der Waals surface area contributed by atoms with Gasteiger partial charge in [-0.2, -0.15) is 9.61 Å². The van der Waals surface area contributed by atoms with E-state index in [1.54, 1.807) is 6.07 Å². The van der Waals surface area contributed by atoms with Crippen LogP contribution >= 0.6 is 0 Å². The molecule has 2 aromatic heterocycles. The second-order valence-corrected chi connectivity index (χ2v) is 6.21. The Morgan fingerprint density at radius 2 is 1.95 bits per heavy atom. The zero-order chi connectivity index (χ0) is 15.3. The number of carboxylic acid groups (broad SMARTS) is 1. The quantitative estimate of drug-likeness (QED) is 0.913. The van der Waals surface area contributed by atoms with Crippen molar-refractivity contribution in [1.29, 1.82) is 0 Å². The molecule has 2 aromatic rings. The molecule has 4 rings (SSSR count). The van der Waals surface area contributed by atoms with Gasteiger partial charge in [0, 0.05) is 44.2 Å². The fourth-order valence-electron chi connectivity index (χ4n) is 2.93. The lowest BCUT2D eigenvalue weighted by atomic mass is 10.3. The molecule has 0 unspecified atom stereocenters. The molecule has 22 heavy (non-hydrogen) atoms. The third-order valence-electron chi connectivity index (χ3n) is 4.47. The van der Waals surface area contributed by atoms with Gasteiger partial charge >= 0.3 is 5.97 Å². The number of carbonyl (C=O) groups is 1. The normalized spacial score (nSPS) is 19.8. The Balaban J connectivity index is 1.81. The Labute approximate surface area is 128 Å². The number of piperazine rings is 1. The van der Waals surface area contributed by atoms with Crippen LogP contribution in [0.2, 0.25) is 0 Å². The van der Waals surface area contributed by atoms with E-state index in [1.807, 2.05) is 10.6 Å². The molecule has 2 fully saturated rings. The molecule has 0 spiro atoms. The zero-order valence-corrected chi connectivity index (χ0v) is 12.6. The summed E-state index contributed by atoms with van der Waals surface area (Å²) in [6.07, 6.45) is 2.33. The lowest BCUT2D eigenvalue weighted by Gasteiger charge is -2.33. The molecule has 1 N–H and O–H groups in total. The first-order valence-electron chi connectivity index (χ1n) is 7.69. The van der Waals surface area contributed by atoms with Gasteiger partial charge < -0.3 is 14.9 Å². The van der Waals surface area contributed by atoms with Crippen molar-refractivity contribution in [2.24, 2.45) is 0 Å². The molecule has 1 aliphatic heterocycles. The summed E-state index contributed by atoms with van der Waals surface area (Å²) in [6, 6.07) is 3.58. The van der Waals surface area contributed by atoms with Crippen LogP contribution in [0.3, 0.4) is 0 Å². The van der Waals surface area contributed by atoms with Crippen molar-refractivity contribution >= 4 is 17.4 Å². The lowest BCUT2D eigenvalue weighted by Crippen LogP contribution is -2.45. The summed E-state index contributed by atoms with van der Waals surface area (Å²) in [5.74, 6) is 0.366. The predicted molar refractivity (Wildman–Crippen MR) is 81.6 cm³/mol. The van der Waals surface area contributed by atoms with Crippen molar-refractivity contribution in [2.75, 3.05) is 38.1 Å². The molecule has 0 amide bonds. The Kier molecular flexibility index (Phi) is 3.04. The molecule has 0 atom stereocenters. The molecule has 2 aliphatic rings. The van der Waals surface area contributed by atoms with Crippen LogP contribution in [0.1, 0.15) is 34.9 Å². The summed E-state index contributed by atoms with van der Waals surface area (Å²) in [6.45, 7) is 3.66. The molecule has 3 heterocycles. The van der Waals surface area contributed by atoms with Crippen LogP contribution in [0, 0.1) is 0 Å². The van der Waals surface area contributed by atoms with Crippen molar-refractivity contribution in [1.82, 2.24) is 19.5 Å². The molecule has 1 saturated carbocycles. The number of aromatic carboxylic acids is 1. The second kappa shape index (κ2) is 4.95. The van der Waals surface area contributed by atoms with E-state index < -0.39 is 5.97 Å². The summed E-state index contributed by atoms with van der Waals surface area (Å²) in [4.78, 5) is 20.1. The Morgan fingerprint density at radius 3 is 2.59 bits per heavy atom. The molecule has 1 aliphatic carbocycles. The van der Waals surface area contributed by atoms with Gasteiger partial charge in [0.1, 0.15) is 5.82 Å². The smallest absolute Gasteiger partial charge is 0.354 e. The average Bonchev–Trinajstić information content (AvgIpc) is 3.26. The number of hydrogen-bond acceptors (Lipinski definition) is 5. The van der Waals surface area contributed by atoms with Crippen LogP contribution in [0.15, 0.2) is 12.1 Å². The van der Waals surface area contributed by atoms with Gasteiger partial charge in [-0.05, 0) is 19.9 Å². The van der Waals surface area contributed by atoms with E-state index in [1.165, 1.54) is 12.8 Å². The minimum absolute atomic E-state index is 0.0867. The van der Waals surface area contributed by atoms with Crippen LogP contribution in [0.4, 0.5) is 5.82 Å². The van der Waals surface area contributed by atoms with Gasteiger partial charge in [-0.3, -0.25) is 0 Å². The molecular weight excluding hydrogens is 282 g/mol. The first kappa shape index (κ1) is 13.5. The number of anilines is 1. The first-order valence-corrected chi connectivity index (χ1v) is 7.69. The maximum atomic E-state index is 11.4. The van der Waals surface area contributed by atoms with Gasteiger partial charge in [-0.25, -0.2) is 9.78 Å². The zero-order valence-electron chi connectivity index (χ0n) is 12.6. The number of likely N-dealkylation sites (N-methyl/N-ethyl adjacent to an activating group) is 1. The molecule has 1 saturated heterocycles. The highest BCUT2D eigenvalue weighted by molar-refractivity contribution is 5.87. The van der Waals surface area contributed by atoms with E-state index in [-0.39, 0.29) is 5.69 Å². The van der Waals surface area contributed by atoms with E-state index in [2.05, 4.69) is 26.9 Å². The monoisotopic (exact) mass is 301 g/mol. The van der Waals surface area contributed by atoms with Crippen molar-refractivity contribution < 1.29 is 9.90 Å². The maximum Gasteiger partial charge on any atom is 0.354 e. The fraction of sp³-hybridized carbons (Fsp3) is 0.533. The highest BCUT2D eigenvalue weighted by Crippen LogP contribution is 2.39. The van der Waals surface area contributed by atoms with Crippen LogP contribution in [0.25, 0.3) is 5.65 Å². The van der Waals surface area contributed by atoms with Crippen molar-refractivity contribution in [2.45, 2.75) is 18.8 Å². The van der Waals surface area contributed by atoms with E-state index >= 15 is 0 Å². The van der Waals surface area contributed by atoms with E-state index in [9.17, 15) is 9.90 Å². The molecule has 0 radical (unpaired) electrons. The van der Waals surface area contributed by atoms with Gasteiger partial charge in [0.15, 0.2) is 11.3 Å². The van der Waals surface area contributed by atoms with E-state index in [0.29, 0.717) is 11.6 Å². The summed E-state index contributed by atoms with van der Waals surface area (Å²) in [5.41, 5.74) is 1.75. The minimum atomic E-state index is -0.993. The third-order valence-corrected chi connectivity index (χ3v) is 4.47.